The van der Waals surface area contributed by atoms with Gasteiger partial charge in [-0.15, -0.1) is 0 Å². The number of hydrogen-bond acceptors (Lipinski definition) is 7. The second-order valence-electron chi connectivity index (χ2n) is 8.53. The molecule has 3 aromatic rings. The molecule has 0 aliphatic carbocycles. The molecule has 1 fully saturated rings. The first kappa shape index (κ1) is 24.1. The smallest absolute Gasteiger partial charge is 0.262 e. The van der Waals surface area contributed by atoms with Gasteiger partial charge in [0.25, 0.3) is 5.56 Å². The number of aryl methyl sites for hydroxylation is 1. The number of aromatic nitrogens is 2. The zero-order chi connectivity index (χ0) is 24.8. The van der Waals surface area contributed by atoms with E-state index in [0.717, 1.165) is 17.9 Å². The maximum Gasteiger partial charge on any atom is 0.262 e. The predicted octanol–water partition coefficient (Wildman–Crippen LogP) is 2.93. The summed E-state index contributed by atoms with van der Waals surface area (Å²) >= 11 is 0. The fraction of sp³-hybridized carbons (Fsp3) is 0.391. The number of hydrogen-bond donors (Lipinski definition) is 1. The molecule has 34 heavy (non-hydrogen) atoms. The number of nitrogens with zero attached hydrogens (tertiary/aromatic N) is 3. The van der Waals surface area contributed by atoms with Crippen LogP contribution in [0.25, 0.3) is 10.9 Å². The lowest BCUT2D eigenvalue weighted by molar-refractivity contribution is 0.121. The monoisotopic (exact) mass is 492 g/mol. The third-order valence-corrected chi connectivity index (χ3v) is 7.00. The molecule has 0 unspecified atom stereocenters. The second-order valence-corrected chi connectivity index (χ2v) is 10.5. The number of sulfone groups is 1. The summed E-state index contributed by atoms with van der Waals surface area (Å²) < 4.78 is 59.4. The van der Waals surface area contributed by atoms with Crippen molar-refractivity contribution in [2.24, 2.45) is 7.05 Å². The minimum Gasteiger partial charge on any atom is -0.378 e. The standard InChI is InChI=1S/C23H26F2N4O4S/c1-13-9-15(14(2)26-19-11-18(25)20(12-17(19)24)34(4,31)32)21-16(10-13)22(30)28(3)23(27-21)29-5-7-33-8-6-29/h9-12,14,26H,5-8H2,1-4H3/t14-/m1/s1. The van der Waals surface area contributed by atoms with Crippen LogP contribution >= 0.6 is 0 Å². The predicted molar refractivity (Wildman–Crippen MR) is 126 cm³/mol. The molecule has 1 saturated heterocycles. The van der Waals surface area contributed by atoms with Crippen LogP contribution in [0.15, 0.2) is 34.0 Å². The van der Waals surface area contributed by atoms with E-state index in [2.05, 4.69) is 5.32 Å². The van der Waals surface area contributed by atoms with Gasteiger partial charge in [-0.2, -0.15) is 0 Å². The molecule has 0 amide bonds. The lowest BCUT2D eigenvalue weighted by atomic mass is 10.0. The average Bonchev–Trinajstić information content (AvgIpc) is 2.78. The van der Waals surface area contributed by atoms with Crippen LogP contribution in [0.1, 0.15) is 24.1 Å². The van der Waals surface area contributed by atoms with Gasteiger partial charge in [0, 0.05) is 38.0 Å². The number of halogens is 2. The number of rotatable bonds is 5. The maximum atomic E-state index is 14.7. The molecule has 182 valence electrons. The quantitative estimate of drug-likeness (QED) is 0.585. The molecule has 2 heterocycles. The SMILES string of the molecule is Cc1cc([C@@H](C)Nc2cc(F)c(S(C)(=O)=O)cc2F)c2nc(N3CCOCC3)n(C)c(=O)c2c1. The molecule has 0 spiro atoms. The Morgan fingerprint density at radius 2 is 1.79 bits per heavy atom. The van der Waals surface area contributed by atoms with Crippen LogP contribution in [0, 0.1) is 18.6 Å². The number of ether oxygens (including phenoxy) is 1. The molecule has 1 aliphatic heterocycles. The number of morpholine rings is 1. The van der Waals surface area contributed by atoms with Crippen LogP contribution in [-0.2, 0) is 21.6 Å². The van der Waals surface area contributed by atoms with Gasteiger partial charge in [-0.25, -0.2) is 22.2 Å². The highest BCUT2D eigenvalue weighted by Crippen LogP contribution is 2.30. The van der Waals surface area contributed by atoms with Gasteiger partial charge in [-0.1, -0.05) is 6.07 Å². The van der Waals surface area contributed by atoms with Crippen LogP contribution < -0.4 is 15.8 Å². The Balaban J connectivity index is 1.80. The maximum absolute atomic E-state index is 14.7. The second kappa shape index (κ2) is 8.95. The summed E-state index contributed by atoms with van der Waals surface area (Å²) in [6.07, 6.45) is 0.817. The highest BCUT2D eigenvalue weighted by atomic mass is 32.2. The number of nitrogens with one attached hydrogen (secondary N) is 1. The molecule has 0 bridgehead atoms. The fourth-order valence-corrected chi connectivity index (χ4v) is 4.88. The summed E-state index contributed by atoms with van der Waals surface area (Å²) in [7, 11) is -2.24. The van der Waals surface area contributed by atoms with Crippen molar-refractivity contribution in [1.29, 1.82) is 0 Å². The Hall–Kier alpha value is -3.05. The lowest BCUT2D eigenvalue weighted by Crippen LogP contribution is -2.40. The minimum atomic E-state index is -3.92. The first-order valence-corrected chi connectivity index (χ1v) is 12.7. The van der Waals surface area contributed by atoms with Gasteiger partial charge in [0.1, 0.15) is 16.5 Å². The Morgan fingerprint density at radius 3 is 2.44 bits per heavy atom. The summed E-state index contributed by atoms with van der Waals surface area (Å²) in [5.41, 5.74) is 1.51. The van der Waals surface area contributed by atoms with Crippen molar-refractivity contribution in [3.8, 4) is 0 Å². The molecule has 11 heteroatoms. The summed E-state index contributed by atoms with van der Waals surface area (Å²) in [6, 6.07) is 4.52. The zero-order valence-corrected chi connectivity index (χ0v) is 20.2. The first-order valence-electron chi connectivity index (χ1n) is 10.8. The van der Waals surface area contributed by atoms with Crippen LogP contribution in [0.3, 0.4) is 0 Å². The van der Waals surface area contributed by atoms with Crippen molar-refractivity contribution in [3.05, 3.63) is 57.4 Å². The number of anilines is 2. The molecule has 1 atom stereocenters. The van der Waals surface area contributed by atoms with Crippen LogP contribution in [0.2, 0.25) is 0 Å². The third kappa shape index (κ3) is 4.49. The van der Waals surface area contributed by atoms with Crippen LogP contribution in [0.4, 0.5) is 20.4 Å². The van der Waals surface area contributed by atoms with Crippen molar-refractivity contribution in [3.63, 3.8) is 0 Å². The van der Waals surface area contributed by atoms with Crippen molar-refractivity contribution < 1.29 is 21.9 Å². The Labute approximate surface area is 196 Å². The Bertz CT molecular complexity index is 1430. The van der Waals surface area contributed by atoms with E-state index in [1.165, 1.54) is 4.57 Å². The molecule has 4 rings (SSSR count). The van der Waals surface area contributed by atoms with Crippen LogP contribution in [-0.4, -0.2) is 50.5 Å². The highest BCUT2D eigenvalue weighted by molar-refractivity contribution is 7.90. The van der Waals surface area contributed by atoms with E-state index in [0.29, 0.717) is 54.8 Å². The molecule has 0 saturated carbocycles. The molecular formula is C23H26F2N4O4S. The Kier molecular flexibility index (Phi) is 6.34. The normalized spacial score (nSPS) is 15.5. The van der Waals surface area contributed by atoms with Gasteiger partial charge < -0.3 is 15.0 Å². The molecule has 0 radical (unpaired) electrons. The van der Waals surface area contributed by atoms with Crippen molar-refractivity contribution >= 4 is 32.4 Å². The van der Waals surface area contributed by atoms with E-state index in [-0.39, 0.29) is 11.2 Å². The minimum absolute atomic E-state index is 0.190. The number of fused-ring (bicyclic) bond motifs is 1. The van der Waals surface area contributed by atoms with E-state index >= 15 is 0 Å². The molecular weight excluding hydrogens is 466 g/mol. The van der Waals surface area contributed by atoms with Gasteiger partial charge >= 0.3 is 0 Å². The molecule has 2 aromatic carbocycles. The van der Waals surface area contributed by atoms with E-state index in [9.17, 15) is 22.0 Å². The van der Waals surface area contributed by atoms with Gasteiger partial charge in [-0.05, 0) is 31.5 Å². The van der Waals surface area contributed by atoms with E-state index < -0.39 is 32.4 Å². The Morgan fingerprint density at radius 1 is 1.12 bits per heavy atom. The van der Waals surface area contributed by atoms with Crippen molar-refractivity contribution in [2.75, 3.05) is 42.8 Å². The van der Waals surface area contributed by atoms with Gasteiger partial charge in [-0.3, -0.25) is 9.36 Å². The van der Waals surface area contributed by atoms with E-state index in [1.54, 1.807) is 20.0 Å². The van der Waals surface area contributed by atoms with Gasteiger partial charge in [0.2, 0.25) is 5.95 Å². The molecule has 8 nitrogen and oxygen atoms in total. The highest BCUT2D eigenvalue weighted by Gasteiger charge is 2.23. The van der Waals surface area contributed by atoms with Gasteiger partial charge in [0.05, 0.1) is 35.8 Å². The molecule has 1 aromatic heterocycles. The average molecular weight is 493 g/mol. The van der Waals surface area contributed by atoms with E-state index in [1.807, 2.05) is 17.9 Å². The largest absolute Gasteiger partial charge is 0.378 e. The fourth-order valence-electron chi connectivity index (χ4n) is 4.15. The molecule has 1 N–H and O–H groups in total. The summed E-state index contributed by atoms with van der Waals surface area (Å²) in [6.45, 7) is 5.83. The lowest BCUT2D eigenvalue weighted by Gasteiger charge is -2.29. The third-order valence-electron chi connectivity index (χ3n) is 5.88. The topological polar surface area (TPSA) is 93.5 Å². The summed E-state index contributed by atoms with van der Waals surface area (Å²) in [5.74, 6) is -1.44. The number of benzene rings is 2. The van der Waals surface area contributed by atoms with Crippen molar-refractivity contribution in [1.82, 2.24) is 9.55 Å². The van der Waals surface area contributed by atoms with E-state index in [4.69, 9.17) is 9.72 Å². The van der Waals surface area contributed by atoms with Crippen molar-refractivity contribution in [2.45, 2.75) is 24.8 Å². The summed E-state index contributed by atoms with van der Waals surface area (Å²) in [4.78, 5) is 19.3. The zero-order valence-electron chi connectivity index (χ0n) is 19.4. The first-order chi connectivity index (χ1) is 16.0. The van der Waals surface area contributed by atoms with Crippen LogP contribution in [0.5, 0.6) is 0 Å². The summed E-state index contributed by atoms with van der Waals surface area (Å²) in [5, 5.41) is 3.32. The molecule has 1 aliphatic rings. The van der Waals surface area contributed by atoms with Gasteiger partial charge in [0.15, 0.2) is 9.84 Å².